The first-order valence-electron chi connectivity index (χ1n) is 5.04. The maximum atomic E-state index is 11.2. The Hall–Kier alpha value is -0.350. The molecule has 0 rings (SSSR count). The van der Waals surface area contributed by atoms with Crippen molar-refractivity contribution in [3.05, 3.63) is 12.7 Å². The van der Waals surface area contributed by atoms with Crippen molar-refractivity contribution in [1.82, 2.24) is 5.32 Å². The first kappa shape index (κ1) is 13.7. The quantitative estimate of drug-likeness (QED) is 0.627. The lowest BCUT2D eigenvalue weighted by Crippen LogP contribution is -2.25. The number of hydrogen-bond acceptors (Lipinski definition) is 3. The van der Waals surface area contributed by atoms with Crippen LogP contribution in [0.25, 0.3) is 0 Å². The second kappa shape index (κ2) is 7.01. The summed E-state index contributed by atoms with van der Waals surface area (Å²) in [6.07, 6.45) is 4.37. The second-order valence-electron chi connectivity index (χ2n) is 3.39. The number of rotatable bonds is 8. The molecule has 0 aromatic carbocycles. The van der Waals surface area contributed by atoms with Gasteiger partial charge in [-0.15, -0.1) is 6.58 Å². The van der Waals surface area contributed by atoms with E-state index >= 15 is 0 Å². The number of nitrogens with one attached hydrogen (secondary N) is 1. The molecule has 0 aliphatic carbocycles. The largest absolute Gasteiger partial charge is 0.317 e. The molecule has 0 aliphatic heterocycles. The van der Waals surface area contributed by atoms with Crippen molar-refractivity contribution >= 4 is 9.84 Å². The lowest BCUT2D eigenvalue weighted by Gasteiger charge is -2.13. The van der Waals surface area contributed by atoms with E-state index in [4.69, 9.17) is 0 Å². The van der Waals surface area contributed by atoms with E-state index in [1.165, 1.54) is 0 Å². The van der Waals surface area contributed by atoms with E-state index in [1.807, 2.05) is 13.1 Å². The molecular weight excluding hydrogens is 198 g/mol. The van der Waals surface area contributed by atoms with Gasteiger partial charge in [0.15, 0.2) is 0 Å². The minimum absolute atomic E-state index is 0.249. The third-order valence-electron chi connectivity index (χ3n) is 2.31. The van der Waals surface area contributed by atoms with Crippen molar-refractivity contribution in [3.8, 4) is 0 Å². The third-order valence-corrected chi connectivity index (χ3v) is 4.10. The van der Waals surface area contributed by atoms with Gasteiger partial charge < -0.3 is 5.32 Å². The van der Waals surface area contributed by atoms with Gasteiger partial charge in [-0.25, -0.2) is 8.42 Å². The molecule has 0 amide bonds. The Bertz CT molecular complexity index is 247. The van der Waals surface area contributed by atoms with Gasteiger partial charge in [0.25, 0.3) is 0 Å². The van der Waals surface area contributed by atoms with Crippen LogP contribution in [0.3, 0.4) is 0 Å². The zero-order valence-electron chi connectivity index (χ0n) is 9.12. The zero-order valence-corrected chi connectivity index (χ0v) is 9.94. The monoisotopic (exact) mass is 219 g/mol. The van der Waals surface area contributed by atoms with Crippen LogP contribution in [-0.4, -0.2) is 33.0 Å². The van der Waals surface area contributed by atoms with Crippen LogP contribution in [0.1, 0.15) is 26.2 Å². The molecule has 0 heterocycles. The maximum Gasteiger partial charge on any atom is 0.150 e. The van der Waals surface area contributed by atoms with Gasteiger partial charge in [0.1, 0.15) is 9.84 Å². The maximum absolute atomic E-state index is 11.2. The van der Waals surface area contributed by atoms with E-state index in [9.17, 15) is 8.42 Å². The summed E-state index contributed by atoms with van der Waals surface area (Å²) >= 11 is 0. The Balaban J connectivity index is 3.76. The summed E-state index contributed by atoms with van der Waals surface area (Å²) in [4.78, 5) is 0. The normalized spacial score (nSPS) is 13.9. The standard InChI is InChI=1S/C10H21NO2S/c1-4-7-10(11-3)8-6-9-14(12,13)5-2/h4,10-11H,1,5-9H2,2-3H3. The minimum atomic E-state index is -2.79. The summed E-state index contributed by atoms with van der Waals surface area (Å²) in [7, 11) is -0.901. The van der Waals surface area contributed by atoms with E-state index < -0.39 is 9.84 Å². The SMILES string of the molecule is C=CCC(CCCS(=O)(=O)CC)NC. The predicted molar refractivity (Wildman–Crippen MR) is 61.2 cm³/mol. The third kappa shape index (κ3) is 6.16. The average molecular weight is 219 g/mol. The zero-order chi connectivity index (χ0) is 11.0. The van der Waals surface area contributed by atoms with E-state index in [0.29, 0.717) is 11.8 Å². The molecule has 0 aromatic heterocycles. The fourth-order valence-corrected chi connectivity index (χ4v) is 2.17. The first-order valence-corrected chi connectivity index (χ1v) is 6.86. The van der Waals surface area contributed by atoms with Crippen LogP contribution in [0, 0.1) is 0 Å². The van der Waals surface area contributed by atoms with Crippen molar-refractivity contribution in [3.63, 3.8) is 0 Å². The smallest absolute Gasteiger partial charge is 0.150 e. The van der Waals surface area contributed by atoms with Crippen LogP contribution in [0.2, 0.25) is 0 Å². The van der Waals surface area contributed by atoms with Crippen molar-refractivity contribution < 1.29 is 8.42 Å². The molecule has 1 unspecified atom stereocenters. The van der Waals surface area contributed by atoms with Crippen LogP contribution < -0.4 is 5.32 Å². The fraction of sp³-hybridized carbons (Fsp3) is 0.800. The molecule has 84 valence electrons. The van der Waals surface area contributed by atoms with E-state index in [2.05, 4.69) is 11.9 Å². The molecule has 1 atom stereocenters. The highest BCUT2D eigenvalue weighted by Gasteiger charge is 2.09. The van der Waals surface area contributed by atoms with Crippen molar-refractivity contribution in [2.24, 2.45) is 0 Å². The Morgan fingerprint density at radius 1 is 1.50 bits per heavy atom. The molecule has 0 saturated carbocycles. The lowest BCUT2D eigenvalue weighted by molar-refractivity contribution is 0.518. The van der Waals surface area contributed by atoms with E-state index in [0.717, 1.165) is 19.3 Å². The van der Waals surface area contributed by atoms with Gasteiger partial charge in [-0.2, -0.15) is 0 Å². The number of hydrogen-bond donors (Lipinski definition) is 1. The average Bonchev–Trinajstić information content (AvgIpc) is 2.16. The van der Waals surface area contributed by atoms with Gasteiger partial charge in [0, 0.05) is 11.8 Å². The Morgan fingerprint density at radius 3 is 2.57 bits per heavy atom. The number of sulfone groups is 1. The molecule has 0 aromatic rings. The van der Waals surface area contributed by atoms with Gasteiger partial charge in [-0.1, -0.05) is 13.0 Å². The second-order valence-corrected chi connectivity index (χ2v) is 5.86. The van der Waals surface area contributed by atoms with Crippen molar-refractivity contribution in [2.45, 2.75) is 32.2 Å². The molecule has 0 aliphatic rings. The van der Waals surface area contributed by atoms with Crippen molar-refractivity contribution in [1.29, 1.82) is 0 Å². The Morgan fingerprint density at radius 2 is 2.14 bits per heavy atom. The molecule has 1 N–H and O–H groups in total. The van der Waals surface area contributed by atoms with Gasteiger partial charge in [-0.3, -0.25) is 0 Å². The summed E-state index contributed by atoms with van der Waals surface area (Å²) in [6.45, 7) is 5.35. The summed E-state index contributed by atoms with van der Waals surface area (Å²) in [5, 5.41) is 3.14. The molecule has 14 heavy (non-hydrogen) atoms. The Kier molecular flexibility index (Phi) is 6.83. The van der Waals surface area contributed by atoms with Gasteiger partial charge in [0.2, 0.25) is 0 Å². The summed E-state index contributed by atoms with van der Waals surface area (Å²) in [5.41, 5.74) is 0. The fourth-order valence-electron chi connectivity index (χ4n) is 1.28. The Labute approximate surface area is 87.5 Å². The highest BCUT2D eigenvalue weighted by Crippen LogP contribution is 2.04. The molecule has 0 saturated heterocycles. The van der Waals surface area contributed by atoms with Crippen LogP contribution in [0.15, 0.2) is 12.7 Å². The van der Waals surface area contributed by atoms with Crippen molar-refractivity contribution in [2.75, 3.05) is 18.6 Å². The lowest BCUT2D eigenvalue weighted by atomic mass is 10.1. The summed E-state index contributed by atoms with van der Waals surface area (Å²) in [6, 6.07) is 0.361. The molecule has 0 fully saturated rings. The van der Waals surface area contributed by atoms with E-state index in [1.54, 1.807) is 6.92 Å². The highest BCUT2D eigenvalue weighted by molar-refractivity contribution is 7.91. The molecular formula is C10H21NO2S. The molecule has 4 heteroatoms. The van der Waals surface area contributed by atoms with E-state index in [-0.39, 0.29) is 5.75 Å². The van der Waals surface area contributed by atoms with Crippen LogP contribution in [-0.2, 0) is 9.84 Å². The molecule has 0 radical (unpaired) electrons. The summed E-state index contributed by atoms with van der Waals surface area (Å²) < 4.78 is 22.4. The van der Waals surface area contributed by atoms with Crippen LogP contribution in [0.5, 0.6) is 0 Å². The summed E-state index contributed by atoms with van der Waals surface area (Å²) in [5.74, 6) is 0.553. The van der Waals surface area contributed by atoms with Crippen LogP contribution in [0.4, 0.5) is 0 Å². The first-order chi connectivity index (χ1) is 6.55. The predicted octanol–water partition coefficient (Wildman–Crippen LogP) is 1.37. The van der Waals surface area contributed by atoms with Gasteiger partial charge in [-0.05, 0) is 26.3 Å². The molecule has 3 nitrogen and oxygen atoms in total. The van der Waals surface area contributed by atoms with Gasteiger partial charge in [0.05, 0.1) is 5.75 Å². The van der Waals surface area contributed by atoms with Crippen LogP contribution >= 0.6 is 0 Å². The topological polar surface area (TPSA) is 46.2 Å². The molecule has 0 spiro atoms. The minimum Gasteiger partial charge on any atom is -0.317 e. The highest BCUT2D eigenvalue weighted by atomic mass is 32.2. The van der Waals surface area contributed by atoms with Gasteiger partial charge >= 0.3 is 0 Å². The molecule has 0 bridgehead atoms.